The molecule has 0 amide bonds. The molecule has 0 saturated heterocycles. The van der Waals surface area contributed by atoms with Crippen molar-refractivity contribution in [1.29, 1.82) is 0 Å². The minimum Gasteiger partial charge on any atom is -0.495 e. The number of ether oxygens (including phenoxy) is 1. The maximum atomic E-state index is 5.71. The van der Waals surface area contributed by atoms with Crippen molar-refractivity contribution >= 4 is 28.7 Å². The summed E-state index contributed by atoms with van der Waals surface area (Å²) in [5.74, 6) is 1.56. The Bertz CT molecular complexity index is 643. The number of aromatic nitrogens is 1. The predicted molar refractivity (Wildman–Crippen MR) is 85.9 cm³/mol. The molecule has 2 aromatic rings. The fraction of sp³-hybridized carbons (Fsp3) is 0.200. The molecular weight excluding hydrogens is 270 g/mol. The van der Waals surface area contributed by atoms with E-state index in [2.05, 4.69) is 4.98 Å². The molecule has 0 aliphatic rings. The molecule has 1 aromatic heterocycles. The number of rotatable bonds is 4. The van der Waals surface area contributed by atoms with Gasteiger partial charge in [-0.2, -0.15) is 0 Å². The highest BCUT2D eigenvalue weighted by Crippen LogP contribution is 2.31. The maximum absolute atomic E-state index is 5.71. The van der Waals surface area contributed by atoms with Gasteiger partial charge >= 0.3 is 0 Å². The zero-order valence-electron chi connectivity index (χ0n) is 11.8. The van der Waals surface area contributed by atoms with Crippen molar-refractivity contribution < 1.29 is 4.74 Å². The van der Waals surface area contributed by atoms with Crippen LogP contribution in [0.25, 0.3) is 0 Å². The fourth-order valence-corrected chi connectivity index (χ4v) is 2.11. The van der Waals surface area contributed by atoms with Crippen LogP contribution < -0.4 is 15.4 Å². The zero-order chi connectivity index (χ0) is 14.7. The summed E-state index contributed by atoms with van der Waals surface area (Å²) in [6, 6.07) is 11.5. The summed E-state index contributed by atoms with van der Waals surface area (Å²) >= 11 is 5.04. The van der Waals surface area contributed by atoms with E-state index in [0.29, 0.717) is 4.99 Å². The van der Waals surface area contributed by atoms with Crippen LogP contribution in [0.5, 0.6) is 5.75 Å². The van der Waals surface area contributed by atoms with Crippen LogP contribution in [0.2, 0.25) is 0 Å². The molecule has 0 spiro atoms. The predicted octanol–water partition coefficient (Wildman–Crippen LogP) is 2.80. The third kappa shape index (κ3) is 2.88. The van der Waals surface area contributed by atoms with Gasteiger partial charge in [-0.1, -0.05) is 24.4 Å². The third-order valence-electron chi connectivity index (χ3n) is 3.01. The molecule has 0 aliphatic carbocycles. The first kappa shape index (κ1) is 14.3. The van der Waals surface area contributed by atoms with Gasteiger partial charge in [-0.15, -0.1) is 0 Å². The average molecular weight is 287 g/mol. The summed E-state index contributed by atoms with van der Waals surface area (Å²) in [5, 5.41) is 0. The average Bonchev–Trinajstić information content (AvgIpc) is 2.45. The molecule has 5 heteroatoms. The molecule has 104 valence electrons. The molecule has 20 heavy (non-hydrogen) atoms. The Morgan fingerprint density at radius 2 is 2.00 bits per heavy atom. The number of anilines is 2. The number of thiocarbonyl (C=S) groups is 1. The molecule has 0 saturated carbocycles. The molecule has 0 radical (unpaired) electrons. The van der Waals surface area contributed by atoms with Gasteiger partial charge in [-0.05, 0) is 31.2 Å². The Labute approximate surface area is 124 Å². The van der Waals surface area contributed by atoms with Crippen molar-refractivity contribution in [1.82, 2.24) is 4.98 Å². The van der Waals surface area contributed by atoms with Gasteiger partial charge in [0, 0.05) is 18.3 Å². The Balaban J connectivity index is 2.47. The van der Waals surface area contributed by atoms with E-state index < -0.39 is 0 Å². The van der Waals surface area contributed by atoms with Gasteiger partial charge in [-0.3, -0.25) is 0 Å². The van der Waals surface area contributed by atoms with E-state index in [-0.39, 0.29) is 0 Å². The Morgan fingerprint density at radius 1 is 1.30 bits per heavy atom. The third-order valence-corrected chi connectivity index (χ3v) is 3.25. The number of nitrogens with two attached hydrogens (primary N) is 1. The van der Waals surface area contributed by atoms with Crippen LogP contribution in [-0.2, 0) is 0 Å². The van der Waals surface area contributed by atoms with Crippen molar-refractivity contribution in [3.8, 4) is 5.75 Å². The van der Waals surface area contributed by atoms with Crippen LogP contribution in [0.3, 0.4) is 0 Å². The first-order valence-electron chi connectivity index (χ1n) is 6.18. The molecule has 0 aliphatic heterocycles. The molecule has 0 atom stereocenters. The molecule has 2 N–H and O–H groups in total. The molecule has 1 heterocycles. The summed E-state index contributed by atoms with van der Waals surface area (Å²) in [5.41, 5.74) is 8.32. The topological polar surface area (TPSA) is 51.4 Å². The molecule has 0 unspecified atom stereocenters. The molecule has 2 rings (SSSR count). The van der Waals surface area contributed by atoms with E-state index in [1.807, 2.05) is 55.3 Å². The number of aryl methyl sites for hydroxylation is 1. The van der Waals surface area contributed by atoms with E-state index >= 15 is 0 Å². The second kappa shape index (κ2) is 5.88. The Hall–Kier alpha value is -2.14. The van der Waals surface area contributed by atoms with E-state index in [4.69, 9.17) is 22.7 Å². The number of benzene rings is 1. The summed E-state index contributed by atoms with van der Waals surface area (Å²) in [4.78, 5) is 6.84. The number of para-hydroxylation sites is 2. The first-order chi connectivity index (χ1) is 9.52. The number of hydrogen-bond acceptors (Lipinski definition) is 4. The normalized spacial score (nSPS) is 10.2. The van der Waals surface area contributed by atoms with Crippen molar-refractivity contribution in [2.45, 2.75) is 6.92 Å². The van der Waals surface area contributed by atoms with Gasteiger partial charge in [0.05, 0.1) is 12.8 Å². The highest BCUT2D eigenvalue weighted by atomic mass is 32.1. The van der Waals surface area contributed by atoms with E-state index in [1.165, 1.54) is 0 Å². The highest BCUT2D eigenvalue weighted by Gasteiger charge is 2.12. The van der Waals surface area contributed by atoms with Crippen LogP contribution in [0.15, 0.2) is 36.4 Å². The quantitative estimate of drug-likeness (QED) is 0.876. The van der Waals surface area contributed by atoms with Gasteiger partial charge < -0.3 is 15.4 Å². The summed E-state index contributed by atoms with van der Waals surface area (Å²) in [6.07, 6.45) is 0. The van der Waals surface area contributed by atoms with Gasteiger partial charge in [0.25, 0.3) is 0 Å². The van der Waals surface area contributed by atoms with Gasteiger partial charge in [0.1, 0.15) is 16.6 Å². The first-order valence-corrected chi connectivity index (χ1v) is 6.59. The monoisotopic (exact) mass is 287 g/mol. The van der Waals surface area contributed by atoms with Gasteiger partial charge in [0.2, 0.25) is 0 Å². The van der Waals surface area contributed by atoms with E-state index in [0.717, 1.165) is 28.5 Å². The van der Waals surface area contributed by atoms with Crippen LogP contribution >= 0.6 is 12.2 Å². The maximum Gasteiger partial charge on any atom is 0.142 e. The number of hydrogen-bond donors (Lipinski definition) is 1. The van der Waals surface area contributed by atoms with Crippen LogP contribution in [0, 0.1) is 6.92 Å². The van der Waals surface area contributed by atoms with Crippen molar-refractivity contribution in [3.05, 3.63) is 47.7 Å². The lowest BCUT2D eigenvalue weighted by atomic mass is 10.2. The lowest BCUT2D eigenvalue weighted by molar-refractivity contribution is 0.415. The largest absolute Gasteiger partial charge is 0.495 e. The standard InChI is InChI=1S/C15H17N3OS/c1-10-8-11(15(16)20)9-14(17-10)18(2)12-6-4-5-7-13(12)19-3/h4-9H,1-3H3,(H2,16,20). The molecular formula is C15H17N3OS. The van der Waals surface area contributed by atoms with Crippen LogP contribution in [0.4, 0.5) is 11.5 Å². The van der Waals surface area contributed by atoms with Crippen molar-refractivity contribution in [2.24, 2.45) is 5.73 Å². The molecule has 0 bridgehead atoms. The smallest absolute Gasteiger partial charge is 0.142 e. The van der Waals surface area contributed by atoms with E-state index in [1.54, 1.807) is 7.11 Å². The van der Waals surface area contributed by atoms with Crippen LogP contribution in [-0.4, -0.2) is 24.1 Å². The molecule has 1 aromatic carbocycles. The number of pyridine rings is 1. The minimum atomic E-state index is 0.366. The lowest BCUT2D eigenvalue weighted by Crippen LogP contribution is -2.16. The summed E-state index contributed by atoms with van der Waals surface area (Å²) in [6.45, 7) is 1.92. The molecule has 0 fully saturated rings. The second-order valence-corrected chi connectivity index (χ2v) is 4.89. The fourth-order valence-electron chi connectivity index (χ4n) is 2.00. The SMILES string of the molecule is COc1ccccc1N(C)c1cc(C(N)=S)cc(C)n1. The Morgan fingerprint density at radius 3 is 2.65 bits per heavy atom. The van der Waals surface area contributed by atoms with Crippen molar-refractivity contribution in [2.75, 3.05) is 19.1 Å². The number of nitrogens with zero attached hydrogens (tertiary/aromatic N) is 2. The summed E-state index contributed by atoms with van der Waals surface area (Å²) in [7, 11) is 3.58. The highest BCUT2D eigenvalue weighted by molar-refractivity contribution is 7.80. The lowest BCUT2D eigenvalue weighted by Gasteiger charge is -2.21. The number of methoxy groups -OCH3 is 1. The van der Waals surface area contributed by atoms with Crippen LogP contribution in [0.1, 0.15) is 11.3 Å². The summed E-state index contributed by atoms with van der Waals surface area (Å²) < 4.78 is 5.38. The minimum absolute atomic E-state index is 0.366. The molecule has 4 nitrogen and oxygen atoms in total. The van der Waals surface area contributed by atoms with Gasteiger partial charge in [0.15, 0.2) is 0 Å². The van der Waals surface area contributed by atoms with Gasteiger partial charge in [-0.25, -0.2) is 4.98 Å². The zero-order valence-corrected chi connectivity index (χ0v) is 12.6. The van der Waals surface area contributed by atoms with Crippen molar-refractivity contribution in [3.63, 3.8) is 0 Å². The second-order valence-electron chi connectivity index (χ2n) is 4.45. The van der Waals surface area contributed by atoms with E-state index in [9.17, 15) is 0 Å². The Kier molecular flexibility index (Phi) is 4.20.